The van der Waals surface area contributed by atoms with Crippen molar-refractivity contribution in [1.29, 1.82) is 0 Å². The summed E-state index contributed by atoms with van der Waals surface area (Å²) in [6, 6.07) is -0.809. The second-order valence-electron chi connectivity index (χ2n) is 5.05. The Hall–Kier alpha value is -1.63. The summed E-state index contributed by atoms with van der Waals surface area (Å²) in [5, 5.41) is 9.36. The summed E-state index contributed by atoms with van der Waals surface area (Å²) in [6.45, 7) is 4.15. The van der Waals surface area contributed by atoms with Gasteiger partial charge in [-0.15, -0.1) is 0 Å². The van der Waals surface area contributed by atoms with E-state index >= 15 is 0 Å². The summed E-state index contributed by atoms with van der Waals surface area (Å²) in [4.78, 5) is 36.5. The molecule has 7 heteroatoms. The number of nitrogens with two attached hydrogens (primary N) is 1. The minimum atomic E-state index is -1.09. The molecule has 0 spiro atoms. The lowest BCUT2D eigenvalue weighted by Crippen LogP contribution is -2.55. The first kappa shape index (κ1) is 16.4. The lowest BCUT2D eigenvalue weighted by molar-refractivity contribution is -0.158. The Morgan fingerprint density at radius 3 is 2.40 bits per heavy atom. The van der Waals surface area contributed by atoms with Crippen molar-refractivity contribution in [2.75, 3.05) is 19.8 Å². The van der Waals surface area contributed by atoms with E-state index in [0.717, 1.165) is 0 Å². The molecular formula is C13H22N2O5. The maximum atomic E-state index is 12.4. The number of hydrogen-bond donors (Lipinski definition) is 2. The van der Waals surface area contributed by atoms with Gasteiger partial charge in [-0.05, 0) is 12.8 Å². The number of primary amides is 1. The normalized spacial score (nSPS) is 19.7. The fraction of sp³-hybridized carbons (Fsp3) is 0.769. The zero-order chi connectivity index (χ0) is 15.3. The molecule has 0 aromatic heterocycles. The van der Waals surface area contributed by atoms with E-state index < -0.39 is 23.3 Å². The molecule has 1 atom stereocenters. The molecule has 0 aromatic rings. The van der Waals surface area contributed by atoms with Gasteiger partial charge in [-0.1, -0.05) is 13.8 Å². The smallest absolute Gasteiger partial charge is 0.310 e. The maximum absolute atomic E-state index is 12.4. The van der Waals surface area contributed by atoms with Crippen molar-refractivity contribution in [2.45, 2.75) is 39.2 Å². The summed E-state index contributed by atoms with van der Waals surface area (Å²) in [7, 11) is 0. The standard InChI is InChI=1S/C13H22N2O5/c1-3-13(4-2,12(18)19)7-10(16)15-5-6-20-8-9(15)11(14)17/h9H,3-8H2,1-2H3,(H2,14,17)(H,18,19). The molecule has 2 amide bonds. The minimum absolute atomic E-state index is 0.0688. The van der Waals surface area contributed by atoms with Crippen LogP contribution < -0.4 is 5.73 Å². The van der Waals surface area contributed by atoms with Gasteiger partial charge in [-0.3, -0.25) is 14.4 Å². The van der Waals surface area contributed by atoms with E-state index in [1.165, 1.54) is 4.90 Å². The molecule has 3 N–H and O–H groups in total. The summed E-state index contributed by atoms with van der Waals surface area (Å²) in [5.41, 5.74) is 4.17. The molecule has 114 valence electrons. The first-order valence-corrected chi connectivity index (χ1v) is 6.78. The second-order valence-corrected chi connectivity index (χ2v) is 5.05. The Kier molecular flexibility index (Phi) is 5.50. The molecular weight excluding hydrogens is 264 g/mol. The van der Waals surface area contributed by atoms with Crippen molar-refractivity contribution >= 4 is 17.8 Å². The maximum Gasteiger partial charge on any atom is 0.310 e. The molecule has 1 unspecified atom stereocenters. The van der Waals surface area contributed by atoms with Crippen molar-refractivity contribution in [3.63, 3.8) is 0 Å². The fourth-order valence-corrected chi connectivity index (χ4v) is 2.41. The predicted molar refractivity (Wildman–Crippen MR) is 70.8 cm³/mol. The van der Waals surface area contributed by atoms with Gasteiger partial charge in [0.25, 0.3) is 0 Å². The number of rotatable bonds is 6. The molecule has 0 aliphatic carbocycles. The highest BCUT2D eigenvalue weighted by Crippen LogP contribution is 2.32. The summed E-state index contributed by atoms with van der Waals surface area (Å²) in [6.07, 6.45) is 0.589. The highest BCUT2D eigenvalue weighted by atomic mass is 16.5. The first-order chi connectivity index (χ1) is 9.38. The highest BCUT2D eigenvalue weighted by Gasteiger charge is 2.40. The van der Waals surface area contributed by atoms with Crippen LogP contribution in [-0.2, 0) is 19.1 Å². The van der Waals surface area contributed by atoms with Crippen LogP contribution in [0, 0.1) is 5.41 Å². The van der Waals surface area contributed by atoms with Crippen LogP contribution in [0.25, 0.3) is 0 Å². The van der Waals surface area contributed by atoms with Gasteiger partial charge in [-0.25, -0.2) is 0 Å². The quantitative estimate of drug-likeness (QED) is 0.713. The van der Waals surface area contributed by atoms with E-state index in [-0.39, 0.29) is 25.5 Å². The lowest BCUT2D eigenvalue weighted by atomic mass is 9.78. The Morgan fingerprint density at radius 1 is 1.35 bits per heavy atom. The molecule has 1 aliphatic rings. The average Bonchev–Trinajstić information content (AvgIpc) is 2.44. The van der Waals surface area contributed by atoms with E-state index in [4.69, 9.17) is 10.5 Å². The van der Waals surface area contributed by atoms with E-state index in [9.17, 15) is 19.5 Å². The van der Waals surface area contributed by atoms with Gasteiger partial charge in [0.15, 0.2) is 0 Å². The third-order valence-corrected chi connectivity index (χ3v) is 4.07. The molecule has 1 fully saturated rings. The predicted octanol–water partition coefficient (Wildman–Crippen LogP) is -0.0198. The van der Waals surface area contributed by atoms with Gasteiger partial charge in [0.05, 0.1) is 18.6 Å². The Bertz CT molecular complexity index is 392. The van der Waals surface area contributed by atoms with Crippen molar-refractivity contribution in [3.8, 4) is 0 Å². The van der Waals surface area contributed by atoms with Gasteiger partial charge < -0.3 is 20.5 Å². The van der Waals surface area contributed by atoms with Crippen molar-refractivity contribution in [3.05, 3.63) is 0 Å². The van der Waals surface area contributed by atoms with Crippen LogP contribution in [0.3, 0.4) is 0 Å². The summed E-state index contributed by atoms with van der Waals surface area (Å²) >= 11 is 0. The fourth-order valence-electron chi connectivity index (χ4n) is 2.41. The topological polar surface area (TPSA) is 110 Å². The molecule has 1 saturated heterocycles. The molecule has 0 radical (unpaired) electrons. The van der Waals surface area contributed by atoms with E-state index in [1.807, 2.05) is 0 Å². The van der Waals surface area contributed by atoms with Crippen LogP contribution in [0.2, 0.25) is 0 Å². The van der Waals surface area contributed by atoms with Gasteiger partial charge >= 0.3 is 5.97 Å². The van der Waals surface area contributed by atoms with Crippen LogP contribution in [-0.4, -0.2) is 53.6 Å². The Balaban J connectivity index is 2.87. The van der Waals surface area contributed by atoms with E-state index in [0.29, 0.717) is 19.4 Å². The Morgan fingerprint density at radius 2 is 1.95 bits per heavy atom. The van der Waals surface area contributed by atoms with Crippen molar-refractivity contribution in [2.24, 2.45) is 11.1 Å². The zero-order valence-corrected chi connectivity index (χ0v) is 11.9. The average molecular weight is 286 g/mol. The van der Waals surface area contributed by atoms with Gasteiger partial charge in [0.2, 0.25) is 11.8 Å². The van der Waals surface area contributed by atoms with Crippen LogP contribution in [0.15, 0.2) is 0 Å². The number of ether oxygens (including phenoxy) is 1. The van der Waals surface area contributed by atoms with Crippen LogP contribution >= 0.6 is 0 Å². The number of nitrogens with zero attached hydrogens (tertiary/aromatic N) is 1. The van der Waals surface area contributed by atoms with Crippen molar-refractivity contribution in [1.82, 2.24) is 4.90 Å². The molecule has 0 bridgehead atoms. The number of hydrogen-bond acceptors (Lipinski definition) is 4. The van der Waals surface area contributed by atoms with E-state index in [2.05, 4.69) is 0 Å². The van der Waals surface area contributed by atoms with Gasteiger partial charge in [0.1, 0.15) is 6.04 Å². The largest absolute Gasteiger partial charge is 0.481 e. The number of carbonyl (C=O) groups is 3. The molecule has 0 aromatic carbocycles. The number of aliphatic carboxylic acids is 1. The minimum Gasteiger partial charge on any atom is -0.481 e. The SMILES string of the molecule is CCC(CC)(CC(=O)N1CCOCC1C(N)=O)C(=O)O. The van der Waals surface area contributed by atoms with E-state index in [1.54, 1.807) is 13.8 Å². The highest BCUT2D eigenvalue weighted by molar-refractivity contribution is 5.89. The number of carboxylic acid groups (broad SMARTS) is 1. The van der Waals surface area contributed by atoms with Crippen molar-refractivity contribution < 1.29 is 24.2 Å². The molecule has 7 nitrogen and oxygen atoms in total. The second kappa shape index (κ2) is 6.69. The number of carbonyl (C=O) groups excluding carboxylic acids is 2. The first-order valence-electron chi connectivity index (χ1n) is 6.78. The van der Waals surface area contributed by atoms with Crippen LogP contribution in [0.4, 0.5) is 0 Å². The van der Waals surface area contributed by atoms with Gasteiger partial charge in [0, 0.05) is 13.0 Å². The third-order valence-electron chi connectivity index (χ3n) is 4.07. The third kappa shape index (κ3) is 3.27. The number of morpholine rings is 1. The zero-order valence-electron chi connectivity index (χ0n) is 11.9. The molecule has 1 rings (SSSR count). The number of carboxylic acids is 1. The summed E-state index contributed by atoms with van der Waals surface area (Å²) < 4.78 is 5.14. The Labute approximate surface area is 118 Å². The summed E-state index contributed by atoms with van der Waals surface area (Å²) in [5.74, 6) is -1.98. The molecule has 1 aliphatic heterocycles. The molecule has 20 heavy (non-hydrogen) atoms. The molecule has 0 saturated carbocycles. The van der Waals surface area contributed by atoms with Crippen LogP contribution in [0.5, 0.6) is 0 Å². The molecule has 1 heterocycles. The van der Waals surface area contributed by atoms with Crippen LogP contribution in [0.1, 0.15) is 33.1 Å². The monoisotopic (exact) mass is 286 g/mol. The lowest BCUT2D eigenvalue weighted by Gasteiger charge is -2.36. The van der Waals surface area contributed by atoms with Gasteiger partial charge in [-0.2, -0.15) is 0 Å². The number of amides is 2.